The molecular formula is C21H29N3O4S. The summed E-state index contributed by atoms with van der Waals surface area (Å²) in [6, 6.07) is 14.2. The Balaban J connectivity index is 1.78. The molecule has 0 unspecified atom stereocenters. The Morgan fingerprint density at radius 2 is 1.41 bits per heavy atom. The molecule has 0 aliphatic carbocycles. The van der Waals surface area contributed by atoms with Gasteiger partial charge in [0.05, 0.1) is 19.1 Å². The van der Waals surface area contributed by atoms with Crippen LogP contribution in [0, 0.1) is 0 Å². The van der Waals surface area contributed by atoms with Gasteiger partial charge in [0.25, 0.3) is 0 Å². The van der Waals surface area contributed by atoms with Crippen LogP contribution in [0.4, 0.5) is 0 Å². The van der Waals surface area contributed by atoms with E-state index < -0.39 is 10.0 Å². The van der Waals surface area contributed by atoms with Crippen LogP contribution < -0.4 is 14.2 Å². The second kappa shape index (κ2) is 9.58. The molecule has 0 aromatic heterocycles. The fourth-order valence-electron chi connectivity index (χ4n) is 3.44. The van der Waals surface area contributed by atoms with Gasteiger partial charge in [0.15, 0.2) is 0 Å². The highest BCUT2D eigenvalue weighted by Crippen LogP contribution is 2.25. The third kappa shape index (κ3) is 5.48. The highest BCUT2D eigenvalue weighted by molar-refractivity contribution is 7.89. The summed E-state index contributed by atoms with van der Waals surface area (Å²) in [5.41, 5.74) is 1.06. The van der Waals surface area contributed by atoms with E-state index in [1.165, 1.54) is 0 Å². The summed E-state index contributed by atoms with van der Waals surface area (Å²) in [5.74, 6) is 1.40. The van der Waals surface area contributed by atoms with Crippen molar-refractivity contribution in [2.75, 3.05) is 54.0 Å². The minimum atomic E-state index is -3.62. The first-order valence-electron chi connectivity index (χ1n) is 9.63. The number of hydrogen-bond acceptors (Lipinski definition) is 6. The molecule has 7 nitrogen and oxygen atoms in total. The molecule has 1 fully saturated rings. The van der Waals surface area contributed by atoms with Crippen LogP contribution >= 0.6 is 0 Å². The number of nitrogens with one attached hydrogen (secondary N) is 1. The van der Waals surface area contributed by atoms with E-state index in [1.54, 1.807) is 38.5 Å². The molecule has 8 heteroatoms. The number of piperazine rings is 1. The minimum Gasteiger partial charge on any atom is -0.497 e. The van der Waals surface area contributed by atoms with Crippen LogP contribution in [0.5, 0.6) is 11.5 Å². The second-order valence-corrected chi connectivity index (χ2v) is 8.92. The molecule has 1 atom stereocenters. The van der Waals surface area contributed by atoms with Gasteiger partial charge in [0.1, 0.15) is 11.5 Å². The average Bonchev–Trinajstić information content (AvgIpc) is 2.75. The van der Waals surface area contributed by atoms with E-state index in [9.17, 15) is 8.42 Å². The third-order valence-electron chi connectivity index (χ3n) is 5.32. The zero-order valence-corrected chi connectivity index (χ0v) is 18.0. The number of likely N-dealkylation sites (N-methyl/N-ethyl adjacent to an activating group) is 1. The Morgan fingerprint density at radius 1 is 0.897 bits per heavy atom. The average molecular weight is 420 g/mol. The Labute approximate surface area is 173 Å². The van der Waals surface area contributed by atoms with Crippen LogP contribution in [0.1, 0.15) is 11.6 Å². The second-order valence-electron chi connectivity index (χ2n) is 7.16. The number of rotatable bonds is 8. The first kappa shape index (κ1) is 21.6. The van der Waals surface area contributed by atoms with Gasteiger partial charge in [-0.3, -0.25) is 4.90 Å². The Bertz CT molecular complexity index is 877. The standard InChI is InChI=1S/C21H29N3O4S/c1-23-12-14-24(15-13-23)21(17-4-6-18(27-2)7-5-17)16-22-29(25,26)20-10-8-19(28-3)9-11-20/h4-11,21-22H,12-16H2,1-3H3/t21-/m1/s1. The minimum absolute atomic E-state index is 0.0531. The van der Waals surface area contributed by atoms with E-state index in [2.05, 4.69) is 21.6 Å². The summed E-state index contributed by atoms with van der Waals surface area (Å²) >= 11 is 0. The molecule has 29 heavy (non-hydrogen) atoms. The lowest BCUT2D eigenvalue weighted by Crippen LogP contribution is -2.48. The predicted octanol–water partition coefficient (Wildman–Crippen LogP) is 1.97. The summed E-state index contributed by atoms with van der Waals surface area (Å²) in [4.78, 5) is 4.84. The number of nitrogens with zero attached hydrogens (tertiary/aromatic N) is 2. The SMILES string of the molecule is COc1ccc([C@@H](CNS(=O)(=O)c2ccc(OC)cc2)N2CCN(C)CC2)cc1. The largest absolute Gasteiger partial charge is 0.497 e. The van der Waals surface area contributed by atoms with Crippen molar-refractivity contribution < 1.29 is 17.9 Å². The zero-order chi connectivity index (χ0) is 20.9. The summed E-state index contributed by atoms with van der Waals surface area (Å²) in [6.45, 7) is 3.98. The van der Waals surface area contributed by atoms with Crippen molar-refractivity contribution in [1.29, 1.82) is 0 Å². The lowest BCUT2D eigenvalue weighted by molar-refractivity contribution is 0.113. The van der Waals surface area contributed by atoms with E-state index in [4.69, 9.17) is 9.47 Å². The summed E-state index contributed by atoms with van der Waals surface area (Å²) in [5, 5.41) is 0. The van der Waals surface area contributed by atoms with Gasteiger partial charge in [-0.15, -0.1) is 0 Å². The molecule has 158 valence electrons. The number of sulfonamides is 1. The highest BCUT2D eigenvalue weighted by atomic mass is 32.2. The van der Waals surface area contributed by atoms with Crippen molar-refractivity contribution in [3.05, 3.63) is 54.1 Å². The molecule has 0 amide bonds. The maximum atomic E-state index is 12.8. The predicted molar refractivity (Wildman–Crippen MR) is 113 cm³/mol. The molecule has 2 aromatic rings. The quantitative estimate of drug-likeness (QED) is 0.706. The molecule has 0 bridgehead atoms. The maximum absolute atomic E-state index is 12.8. The molecule has 1 N–H and O–H groups in total. The van der Waals surface area contributed by atoms with Crippen LogP contribution in [0.3, 0.4) is 0 Å². The molecule has 0 spiro atoms. The van der Waals surface area contributed by atoms with Crippen LogP contribution in [-0.2, 0) is 10.0 Å². The fourth-order valence-corrected chi connectivity index (χ4v) is 4.48. The summed E-state index contributed by atoms with van der Waals surface area (Å²) in [7, 11) is 1.67. The van der Waals surface area contributed by atoms with E-state index in [0.29, 0.717) is 12.3 Å². The Morgan fingerprint density at radius 3 is 1.93 bits per heavy atom. The lowest BCUT2D eigenvalue weighted by Gasteiger charge is -2.38. The Kier molecular flexibility index (Phi) is 7.13. The molecule has 0 radical (unpaired) electrons. The first-order chi connectivity index (χ1) is 13.9. The Hall–Kier alpha value is -2.13. The van der Waals surface area contributed by atoms with Crippen molar-refractivity contribution in [3.8, 4) is 11.5 Å². The molecule has 1 heterocycles. The van der Waals surface area contributed by atoms with E-state index in [1.807, 2.05) is 24.3 Å². The van der Waals surface area contributed by atoms with Crippen LogP contribution in [0.2, 0.25) is 0 Å². The smallest absolute Gasteiger partial charge is 0.240 e. The molecule has 1 aliphatic rings. The van der Waals surface area contributed by atoms with Gasteiger partial charge < -0.3 is 14.4 Å². The van der Waals surface area contributed by atoms with Crippen molar-refractivity contribution in [1.82, 2.24) is 14.5 Å². The topological polar surface area (TPSA) is 71.1 Å². The number of hydrogen-bond donors (Lipinski definition) is 1. The first-order valence-corrected chi connectivity index (χ1v) is 11.1. The molecule has 3 rings (SSSR count). The summed E-state index contributed by atoms with van der Waals surface area (Å²) in [6.07, 6.45) is 0. The van der Waals surface area contributed by atoms with Crippen molar-refractivity contribution in [3.63, 3.8) is 0 Å². The molecular weight excluding hydrogens is 390 g/mol. The van der Waals surface area contributed by atoms with Crippen molar-refractivity contribution >= 4 is 10.0 Å². The highest BCUT2D eigenvalue weighted by Gasteiger charge is 2.26. The number of methoxy groups -OCH3 is 2. The van der Waals surface area contributed by atoms with Gasteiger partial charge in [-0.05, 0) is 49.0 Å². The van der Waals surface area contributed by atoms with Crippen molar-refractivity contribution in [2.24, 2.45) is 0 Å². The molecule has 1 saturated heterocycles. The third-order valence-corrected chi connectivity index (χ3v) is 6.76. The van der Waals surface area contributed by atoms with Gasteiger partial charge in [-0.25, -0.2) is 13.1 Å². The van der Waals surface area contributed by atoms with E-state index in [-0.39, 0.29) is 10.9 Å². The molecule has 0 saturated carbocycles. The van der Waals surface area contributed by atoms with Crippen molar-refractivity contribution in [2.45, 2.75) is 10.9 Å². The lowest BCUT2D eigenvalue weighted by atomic mass is 10.0. The summed E-state index contributed by atoms with van der Waals surface area (Å²) < 4.78 is 38.8. The van der Waals surface area contributed by atoms with Gasteiger partial charge in [-0.2, -0.15) is 0 Å². The van der Waals surface area contributed by atoms with Gasteiger partial charge in [0.2, 0.25) is 10.0 Å². The number of benzene rings is 2. The fraction of sp³-hybridized carbons (Fsp3) is 0.429. The molecule has 1 aliphatic heterocycles. The normalized spacial score (nSPS) is 17.1. The van der Waals surface area contributed by atoms with Gasteiger partial charge >= 0.3 is 0 Å². The van der Waals surface area contributed by atoms with Crippen LogP contribution in [0.25, 0.3) is 0 Å². The van der Waals surface area contributed by atoms with Crippen LogP contribution in [-0.4, -0.2) is 72.2 Å². The molecule has 2 aromatic carbocycles. The van der Waals surface area contributed by atoms with E-state index in [0.717, 1.165) is 37.5 Å². The maximum Gasteiger partial charge on any atom is 0.240 e. The number of ether oxygens (including phenoxy) is 2. The van der Waals surface area contributed by atoms with E-state index >= 15 is 0 Å². The van der Waals surface area contributed by atoms with Crippen LogP contribution in [0.15, 0.2) is 53.4 Å². The van der Waals surface area contributed by atoms with Gasteiger partial charge in [-0.1, -0.05) is 12.1 Å². The zero-order valence-electron chi connectivity index (χ0n) is 17.2. The van der Waals surface area contributed by atoms with Gasteiger partial charge in [0, 0.05) is 38.8 Å². The monoisotopic (exact) mass is 419 g/mol.